The van der Waals surface area contributed by atoms with E-state index in [-0.39, 0.29) is 12.2 Å². The van der Waals surface area contributed by atoms with Gasteiger partial charge in [-0.05, 0) is 25.2 Å². The molecule has 1 saturated carbocycles. The Morgan fingerprint density at radius 2 is 2.24 bits per heavy atom. The number of hydrogen-bond donors (Lipinski definition) is 1. The fourth-order valence-corrected chi connectivity index (χ4v) is 2.75. The predicted octanol–water partition coefficient (Wildman–Crippen LogP) is 2.86. The number of hydrogen-bond acceptors (Lipinski definition) is 3. The number of rotatable bonds is 4. The van der Waals surface area contributed by atoms with Crippen molar-refractivity contribution in [1.29, 1.82) is 0 Å². The van der Waals surface area contributed by atoms with Crippen LogP contribution in [0.15, 0.2) is 22.7 Å². The maximum Gasteiger partial charge on any atom is 0.138 e. The Hall–Kier alpha value is -0.290. The maximum absolute atomic E-state index is 6.10. The SMILES string of the molecule is CNC1CC(Oc2ccc(Br)cc2Cl)C1OC. The number of benzene rings is 1. The van der Waals surface area contributed by atoms with Crippen LogP contribution in [-0.2, 0) is 4.74 Å². The molecule has 0 aliphatic heterocycles. The topological polar surface area (TPSA) is 30.5 Å². The third-order valence-electron chi connectivity index (χ3n) is 3.06. The average molecular weight is 321 g/mol. The quantitative estimate of drug-likeness (QED) is 0.925. The zero-order valence-corrected chi connectivity index (χ0v) is 12.1. The number of nitrogens with one attached hydrogen (secondary N) is 1. The Bertz CT molecular complexity index is 402. The van der Waals surface area contributed by atoms with E-state index in [9.17, 15) is 0 Å². The zero-order valence-electron chi connectivity index (χ0n) is 9.74. The van der Waals surface area contributed by atoms with Crippen molar-refractivity contribution in [2.75, 3.05) is 14.2 Å². The second kappa shape index (κ2) is 5.57. The molecule has 1 N–H and O–H groups in total. The van der Waals surface area contributed by atoms with Crippen molar-refractivity contribution in [3.8, 4) is 5.75 Å². The van der Waals surface area contributed by atoms with Crippen LogP contribution in [0, 0.1) is 0 Å². The molecule has 1 fully saturated rings. The van der Waals surface area contributed by atoms with E-state index >= 15 is 0 Å². The molecule has 1 aromatic carbocycles. The van der Waals surface area contributed by atoms with Crippen LogP contribution in [0.25, 0.3) is 0 Å². The lowest BCUT2D eigenvalue weighted by Gasteiger charge is -2.43. The van der Waals surface area contributed by atoms with Crippen molar-refractivity contribution < 1.29 is 9.47 Å². The van der Waals surface area contributed by atoms with Gasteiger partial charge in [0.2, 0.25) is 0 Å². The Morgan fingerprint density at radius 1 is 1.47 bits per heavy atom. The van der Waals surface area contributed by atoms with Gasteiger partial charge in [-0.1, -0.05) is 27.5 Å². The molecule has 0 spiro atoms. The number of halogens is 2. The molecule has 0 radical (unpaired) electrons. The molecule has 17 heavy (non-hydrogen) atoms. The molecule has 94 valence electrons. The minimum absolute atomic E-state index is 0.0659. The lowest BCUT2D eigenvalue weighted by atomic mass is 9.85. The maximum atomic E-state index is 6.10. The van der Waals surface area contributed by atoms with E-state index in [1.54, 1.807) is 7.11 Å². The van der Waals surface area contributed by atoms with Crippen LogP contribution in [0.4, 0.5) is 0 Å². The van der Waals surface area contributed by atoms with E-state index in [1.165, 1.54) is 0 Å². The minimum atomic E-state index is 0.0659. The first-order valence-electron chi connectivity index (χ1n) is 5.47. The molecule has 5 heteroatoms. The van der Waals surface area contributed by atoms with Crippen molar-refractivity contribution in [3.05, 3.63) is 27.7 Å². The zero-order chi connectivity index (χ0) is 12.4. The Balaban J connectivity index is 2.02. The first kappa shape index (κ1) is 13.1. The monoisotopic (exact) mass is 319 g/mol. The van der Waals surface area contributed by atoms with E-state index in [1.807, 2.05) is 25.2 Å². The second-order valence-electron chi connectivity index (χ2n) is 4.06. The van der Waals surface area contributed by atoms with Crippen LogP contribution in [0.2, 0.25) is 5.02 Å². The average Bonchev–Trinajstić information content (AvgIpc) is 2.26. The molecule has 3 unspecified atom stereocenters. The summed E-state index contributed by atoms with van der Waals surface area (Å²) in [6.07, 6.45) is 1.08. The van der Waals surface area contributed by atoms with Crippen LogP contribution < -0.4 is 10.1 Å². The van der Waals surface area contributed by atoms with Crippen LogP contribution >= 0.6 is 27.5 Å². The van der Waals surface area contributed by atoms with Crippen molar-refractivity contribution in [2.45, 2.75) is 24.7 Å². The minimum Gasteiger partial charge on any atom is -0.486 e. The summed E-state index contributed by atoms with van der Waals surface area (Å²) in [5.74, 6) is 0.705. The van der Waals surface area contributed by atoms with E-state index in [4.69, 9.17) is 21.1 Å². The molecule has 3 nitrogen and oxygen atoms in total. The van der Waals surface area contributed by atoms with Gasteiger partial charge in [-0.2, -0.15) is 0 Å². The molecule has 0 heterocycles. The first-order valence-corrected chi connectivity index (χ1v) is 6.64. The Morgan fingerprint density at radius 3 is 2.82 bits per heavy atom. The van der Waals surface area contributed by atoms with E-state index < -0.39 is 0 Å². The summed E-state index contributed by atoms with van der Waals surface area (Å²) in [4.78, 5) is 0. The molecule has 0 aromatic heterocycles. The summed E-state index contributed by atoms with van der Waals surface area (Å²) in [5.41, 5.74) is 0. The highest BCUT2D eigenvalue weighted by Crippen LogP contribution is 2.33. The third kappa shape index (κ3) is 2.76. The number of methoxy groups -OCH3 is 1. The molecular weight excluding hydrogens is 305 g/mol. The second-order valence-corrected chi connectivity index (χ2v) is 5.39. The molecule has 2 rings (SSSR count). The van der Waals surface area contributed by atoms with Crippen LogP contribution in [0.5, 0.6) is 5.75 Å². The van der Waals surface area contributed by atoms with Gasteiger partial charge in [-0.15, -0.1) is 0 Å². The van der Waals surface area contributed by atoms with Gasteiger partial charge >= 0.3 is 0 Å². The molecule has 1 aliphatic rings. The fourth-order valence-electron chi connectivity index (χ4n) is 2.03. The van der Waals surface area contributed by atoms with Crippen LogP contribution in [-0.4, -0.2) is 32.4 Å². The summed E-state index contributed by atoms with van der Waals surface area (Å²) < 4.78 is 12.2. The highest BCUT2D eigenvalue weighted by Gasteiger charge is 2.42. The molecule has 0 bridgehead atoms. The smallest absolute Gasteiger partial charge is 0.138 e. The highest BCUT2D eigenvalue weighted by molar-refractivity contribution is 9.10. The lowest BCUT2D eigenvalue weighted by molar-refractivity contribution is -0.0869. The summed E-state index contributed by atoms with van der Waals surface area (Å²) in [6, 6.07) is 5.97. The lowest BCUT2D eigenvalue weighted by Crippen LogP contribution is -2.60. The third-order valence-corrected chi connectivity index (χ3v) is 3.85. The molecule has 3 atom stereocenters. The van der Waals surface area contributed by atoms with Gasteiger partial charge in [0.25, 0.3) is 0 Å². The van der Waals surface area contributed by atoms with E-state index in [2.05, 4.69) is 21.2 Å². The van der Waals surface area contributed by atoms with Crippen LogP contribution in [0.3, 0.4) is 0 Å². The van der Waals surface area contributed by atoms with Gasteiger partial charge in [-0.25, -0.2) is 0 Å². The predicted molar refractivity (Wildman–Crippen MR) is 71.8 cm³/mol. The van der Waals surface area contributed by atoms with Crippen LogP contribution in [0.1, 0.15) is 6.42 Å². The van der Waals surface area contributed by atoms with Gasteiger partial charge in [0.05, 0.1) is 5.02 Å². The van der Waals surface area contributed by atoms with Crippen molar-refractivity contribution in [1.82, 2.24) is 5.32 Å². The van der Waals surface area contributed by atoms with Crippen molar-refractivity contribution >= 4 is 27.5 Å². The molecular formula is C12H15BrClNO2. The van der Waals surface area contributed by atoms with Crippen molar-refractivity contribution in [2.24, 2.45) is 0 Å². The van der Waals surface area contributed by atoms with Gasteiger partial charge < -0.3 is 14.8 Å². The summed E-state index contributed by atoms with van der Waals surface area (Å²) in [5, 5.41) is 3.81. The fraction of sp³-hybridized carbons (Fsp3) is 0.500. The Labute approximate surface area is 115 Å². The molecule has 1 aliphatic carbocycles. The standard InChI is InChI=1S/C12H15BrClNO2/c1-15-9-6-11(12(9)16-2)17-10-4-3-7(13)5-8(10)14/h3-5,9,11-12,15H,6H2,1-2H3. The highest BCUT2D eigenvalue weighted by atomic mass is 79.9. The van der Waals surface area contributed by atoms with Gasteiger partial charge in [0.15, 0.2) is 0 Å². The van der Waals surface area contributed by atoms with Gasteiger partial charge in [0, 0.05) is 24.0 Å². The van der Waals surface area contributed by atoms with E-state index in [0.29, 0.717) is 16.8 Å². The summed E-state index contributed by atoms with van der Waals surface area (Å²) in [6.45, 7) is 0. The molecule has 1 aromatic rings. The largest absolute Gasteiger partial charge is 0.486 e. The first-order chi connectivity index (χ1) is 8.15. The Kier molecular flexibility index (Phi) is 4.31. The number of ether oxygens (including phenoxy) is 2. The molecule has 0 amide bonds. The molecule has 0 saturated heterocycles. The summed E-state index contributed by atoms with van der Waals surface area (Å²) >= 11 is 9.47. The van der Waals surface area contributed by atoms with E-state index in [0.717, 1.165) is 10.9 Å². The normalized spacial score (nSPS) is 27.6. The van der Waals surface area contributed by atoms with Crippen molar-refractivity contribution in [3.63, 3.8) is 0 Å². The number of likely N-dealkylation sites (N-methyl/N-ethyl adjacent to an activating group) is 1. The van der Waals surface area contributed by atoms with Gasteiger partial charge in [0.1, 0.15) is 18.0 Å². The summed E-state index contributed by atoms with van der Waals surface area (Å²) in [7, 11) is 3.63. The van der Waals surface area contributed by atoms with Gasteiger partial charge in [-0.3, -0.25) is 0 Å².